The second-order valence-corrected chi connectivity index (χ2v) is 6.54. The number of nitrogens with one attached hydrogen (secondary N) is 1. The van der Waals surface area contributed by atoms with Gasteiger partial charge < -0.3 is 14.8 Å². The third kappa shape index (κ3) is 2.13. The molecule has 0 radical (unpaired) electrons. The van der Waals surface area contributed by atoms with Crippen molar-refractivity contribution < 1.29 is 19.1 Å². The Labute approximate surface area is 112 Å². The molecule has 3 saturated heterocycles. The summed E-state index contributed by atoms with van der Waals surface area (Å²) in [6, 6.07) is 0.0534. The highest BCUT2D eigenvalue weighted by atomic mass is 16.6. The van der Waals surface area contributed by atoms with Crippen molar-refractivity contribution in [2.75, 3.05) is 0 Å². The van der Waals surface area contributed by atoms with Gasteiger partial charge >= 0.3 is 12.2 Å². The Morgan fingerprint density at radius 1 is 1.42 bits per heavy atom. The maximum atomic E-state index is 12.3. The maximum absolute atomic E-state index is 12.3. The van der Waals surface area contributed by atoms with Crippen LogP contribution in [0.5, 0.6) is 0 Å². The topological polar surface area (TPSA) is 67.9 Å². The number of carbonyl (C=O) groups excluding carboxylic acids is 2. The Morgan fingerprint density at radius 2 is 2.16 bits per heavy atom. The summed E-state index contributed by atoms with van der Waals surface area (Å²) >= 11 is 0. The largest absolute Gasteiger partial charge is 0.444 e. The second kappa shape index (κ2) is 4.02. The van der Waals surface area contributed by atoms with Crippen LogP contribution < -0.4 is 5.32 Å². The van der Waals surface area contributed by atoms with E-state index in [4.69, 9.17) is 9.47 Å². The lowest BCUT2D eigenvalue weighted by Crippen LogP contribution is -2.58. The summed E-state index contributed by atoms with van der Waals surface area (Å²) in [5, 5.41) is 2.82. The van der Waals surface area contributed by atoms with Crippen molar-refractivity contribution in [3.63, 3.8) is 0 Å². The highest BCUT2D eigenvalue weighted by Gasteiger charge is 2.54. The molecular formula is C13H20N2O4. The van der Waals surface area contributed by atoms with Crippen LogP contribution in [0.15, 0.2) is 0 Å². The molecule has 0 spiro atoms. The molecule has 2 amide bonds. The van der Waals surface area contributed by atoms with E-state index >= 15 is 0 Å². The zero-order chi connectivity index (χ0) is 13.8. The lowest BCUT2D eigenvalue weighted by Gasteiger charge is -2.40. The first-order valence-electron chi connectivity index (χ1n) is 6.83. The first kappa shape index (κ1) is 12.6. The van der Waals surface area contributed by atoms with Gasteiger partial charge in [-0.1, -0.05) is 0 Å². The van der Waals surface area contributed by atoms with Crippen molar-refractivity contribution in [1.82, 2.24) is 10.2 Å². The van der Waals surface area contributed by atoms with Crippen LogP contribution in [0.2, 0.25) is 0 Å². The number of hydrogen-bond donors (Lipinski definition) is 1. The molecule has 3 aliphatic heterocycles. The average Bonchev–Trinajstić information content (AvgIpc) is 2.77. The van der Waals surface area contributed by atoms with Gasteiger partial charge in [-0.05, 0) is 33.6 Å². The quantitative estimate of drug-likeness (QED) is 0.725. The molecule has 4 atom stereocenters. The number of ether oxygens (including phenoxy) is 2. The molecule has 106 valence electrons. The van der Waals surface area contributed by atoms with Crippen molar-refractivity contribution in [1.29, 1.82) is 0 Å². The van der Waals surface area contributed by atoms with Gasteiger partial charge in [-0.15, -0.1) is 0 Å². The predicted molar refractivity (Wildman–Crippen MR) is 66.7 cm³/mol. The molecule has 0 unspecified atom stereocenters. The van der Waals surface area contributed by atoms with Gasteiger partial charge in [0.25, 0.3) is 0 Å². The van der Waals surface area contributed by atoms with E-state index < -0.39 is 5.60 Å². The van der Waals surface area contributed by atoms with E-state index in [-0.39, 0.29) is 36.4 Å². The van der Waals surface area contributed by atoms with Gasteiger partial charge in [0.1, 0.15) is 11.7 Å². The number of carbonyl (C=O) groups is 2. The SMILES string of the molecule is CC(C)(C)OC(=O)N1[C@@H]2CC[C@@H]1[C@@H]1NC(=O)O[C@@H]1C2. The van der Waals surface area contributed by atoms with Gasteiger partial charge in [0.2, 0.25) is 0 Å². The maximum Gasteiger partial charge on any atom is 0.410 e. The van der Waals surface area contributed by atoms with Crippen molar-refractivity contribution >= 4 is 12.2 Å². The molecule has 1 N–H and O–H groups in total. The van der Waals surface area contributed by atoms with E-state index in [1.807, 2.05) is 20.8 Å². The molecule has 0 aliphatic carbocycles. The monoisotopic (exact) mass is 268 g/mol. The lowest BCUT2D eigenvalue weighted by atomic mass is 9.95. The normalized spacial score (nSPS) is 36.6. The van der Waals surface area contributed by atoms with Crippen LogP contribution in [0.1, 0.15) is 40.0 Å². The minimum atomic E-state index is -0.497. The Morgan fingerprint density at radius 3 is 2.84 bits per heavy atom. The fraction of sp³-hybridized carbons (Fsp3) is 0.846. The summed E-state index contributed by atoms with van der Waals surface area (Å²) in [5.41, 5.74) is -0.497. The number of amides is 2. The Hall–Kier alpha value is -1.46. The predicted octanol–water partition coefficient (Wildman–Crippen LogP) is 1.64. The summed E-state index contributed by atoms with van der Waals surface area (Å²) in [6.07, 6.45) is 1.82. The van der Waals surface area contributed by atoms with Crippen LogP contribution in [0.25, 0.3) is 0 Å². The van der Waals surface area contributed by atoms with E-state index in [0.717, 1.165) is 12.8 Å². The average molecular weight is 268 g/mol. The summed E-state index contributed by atoms with van der Waals surface area (Å²) in [7, 11) is 0. The van der Waals surface area contributed by atoms with E-state index in [2.05, 4.69) is 5.32 Å². The highest BCUT2D eigenvalue weighted by Crippen LogP contribution is 2.39. The van der Waals surface area contributed by atoms with Crippen LogP contribution in [-0.2, 0) is 9.47 Å². The highest BCUT2D eigenvalue weighted by molar-refractivity contribution is 5.73. The van der Waals surface area contributed by atoms with Crippen LogP contribution >= 0.6 is 0 Å². The van der Waals surface area contributed by atoms with Gasteiger partial charge in [0.05, 0.1) is 12.1 Å². The third-order valence-corrected chi connectivity index (χ3v) is 4.01. The molecule has 0 aromatic rings. The van der Waals surface area contributed by atoms with E-state index in [9.17, 15) is 9.59 Å². The molecular weight excluding hydrogens is 248 g/mol. The number of fused-ring (bicyclic) bond motifs is 4. The number of nitrogens with zero attached hydrogens (tertiary/aromatic N) is 1. The molecule has 6 nitrogen and oxygen atoms in total. The molecule has 6 heteroatoms. The summed E-state index contributed by atoms with van der Waals surface area (Å²) in [6.45, 7) is 5.58. The zero-order valence-electron chi connectivity index (χ0n) is 11.5. The molecule has 3 heterocycles. The van der Waals surface area contributed by atoms with Crippen molar-refractivity contribution in [2.45, 2.75) is 69.9 Å². The molecule has 2 bridgehead atoms. The molecule has 0 aromatic carbocycles. The Balaban J connectivity index is 1.77. The molecule has 3 aliphatic rings. The summed E-state index contributed by atoms with van der Waals surface area (Å²) < 4.78 is 10.7. The van der Waals surface area contributed by atoms with Gasteiger partial charge in [-0.2, -0.15) is 0 Å². The fourth-order valence-corrected chi connectivity index (χ4v) is 3.38. The third-order valence-electron chi connectivity index (χ3n) is 4.01. The van der Waals surface area contributed by atoms with Crippen LogP contribution in [0, 0.1) is 0 Å². The van der Waals surface area contributed by atoms with Gasteiger partial charge in [0.15, 0.2) is 0 Å². The van der Waals surface area contributed by atoms with E-state index in [1.54, 1.807) is 4.90 Å². The standard InChI is InChI=1S/C13H20N2O4/c1-13(2,3)19-12(17)15-7-4-5-8(15)10-9(6-7)18-11(16)14-10/h7-10H,4-6H2,1-3H3,(H,14,16)/t7-,8-,9-,10+/m1/s1. The lowest BCUT2D eigenvalue weighted by molar-refractivity contribution is -0.0104. The number of alkyl carbamates (subject to hydrolysis) is 1. The Bertz CT molecular complexity index is 417. The van der Waals surface area contributed by atoms with Crippen LogP contribution in [0.4, 0.5) is 9.59 Å². The number of piperidine rings is 1. The second-order valence-electron chi connectivity index (χ2n) is 6.54. The minimum Gasteiger partial charge on any atom is -0.444 e. The first-order valence-corrected chi connectivity index (χ1v) is 6.83. The molecule has 3 fully saturated rings. The Kier molecular flexibility index (Phi) is 2.66. The van der Waals surface area contributed by atoms with Crippen molar-refractivity contribution in [3.8, 4) is 0 Å². The van der Waals surface area contributed by atoms with Gasteiger partial charge in [0, 0.05) is 12.5 Å². The van der Waals surface area contributed by atoms with Crippen LogP contribution in [0.3, 0.4) is 0 Å². The van der Waals surface area contributed by atoms with E-state index in [1.165, 1.54) is 0 Å². The molecule has 19 heavy (non-hydrogen) atoms. The smallest absolute Gasteiger partial charge is 0.410 e. The molecule has 3 rings (SSSR count). The number of rotatable bonds is 0. The van der Waals surface area contributed by atoms with Gasteiger partial charge in [-0.3, -0.25) is 4.90 Å². The zero-order valence-corrected chi connectivity index (χ0v) is 11.5. The van der Waals surface area contributed by atoms with Crippen molar-refractivity contribution in [3.05, 3.63) is 0 Å². The van der Waals surface area contributed by atoms with Crippen LogP contribution in [-0.4, -0.2) is 46.9 Å². The summed E-state index contributed by atoms with van der Waals surface area (Å²) in [5.74, 6) is 0. The summed E-state index contributed by atoms with van der Waals surface area (Å²) in [4.78, 5) is 25.4. The number of hydrogen-bond acceptors (Lipinski definition) is 4. The molecule has 0 aromatic heterocycles. The minimum absolute atomic E-state index is 0.00468. The fourth-order valence-electron chi connectivity index (χ4n) is 3.38. The first-order chi connectivity index (χ1) is 8.85. The van der Waals surface area contributed by atoms with E-state index in [0.29, 0.717) is 6.42 Å². The van der Waals surface area contributed by atoms with Crippen molar-refractivity contribution in [2.24, 2.45) is 0 Å². The van der Waals surface area contributed by atoms with Gasteiger partial charge in [-0.25, -0.2) is 9.59 Å². The molecule has 0 saturated carbocycles.